The van der Waals surface area contributed by atoms with E-state index in [1.807, 2.05) is 18.2 Å². The Bertz CT molecular complexity index is 1320. The summed E-state index contributed by atoms with van der Waals surface area (Å²) in [5.41, 5.74) is 2.26. The Hall–Kier alpha value is -3.28. The summed E-state index contributed by atoms with van der Waals surface area (Å²) in [6.45, 7) is 2.46. The van der Waals surface area contributed by atoms with E-state index in [0.717, 1.165) is 24.2 Å². The number of hydrogen-bond donors (Lipinski definition) is 2. The molecule has 36 heavy (non-hydrogen) atoms. The molecular weight excluding hydrogens is 484 g/mol. The van der Waals surface area contributed by atoms with Crippen LogP contribution in [0.15, 0.2) is 47.4 Å². The van der Waals surface area contributed by atoms with Crippen molar-refractivity contribution < 1.29 is 27.5 Å². The van der Waals surface area contributed by atoms with Gasteiger partial charge in [-0.15, -0.1) is 0 Å². The average molecular weight is 513 g/mol. The Labute approximate surface area is 209 Å². The van der Waals surface area contributed by atoms with E-state index in [1.54, 1.807) is 6.92 Å². The number of sulfonamides is 1. The number of carbonyl (C=O) groups excluding carboxylic acids is 3. The fraction of sp³-hybridized carbons (Fsp3) is 0.400. The summed E-state index contributed by atoms with van der Waals surface area (Å²) in [5.74, 6) is -1.06. The molecule has 2 aromatic carbocycles. The molecule has 10 nitrogen and oxygen atoms in total. The van der Waals surface area contributed by atoms with Gasteiger partial charge in [-0.25, -0.2) is 13.2 Å². The minimum atomic E-state index is -3.65. The van der Waals surface area contributed by atoms with Gasteiger partial charge in [0.2, 0.25) is 15.9 Å². The van der Waals surface area contributed by atoms with E-state index < -0.39 is 40.0 Å². The highest BCUT2D eigenvalue weighted by atomic mass is 32.2. The quantitative estimate of drug-likeness (QED) is 0.567. The number of imide groups is 1. The van der Waals surface area contributed by atoms with Crippen LogP contribution < -0.4 is 10.6 Å². The lowest BCUT2D eigenvalue weighted by molar-refractivity contribution is -0.133. The zero-order valence-electron chi connectivity index (χ0n) is 20.0. The van der Waals surface area contributed by atoms with Crippen LogP contribution in [0.25, 0.3) is 0 Å². The number of ether oxygens (including phenoxy) is 1. The highest BCUT2D eigenvalue weighted by Gasteiger charge is 2.49. The fourth-order valence-electron chi connectivity index (χ4n) is 4.91. The lowest BCUT2D eigenvalue weighted by Crippen LogP contribution is -2.42. The number of rotatable bonds is 6. The Morgan fingerprint density at radius 2 is 1.75 bits per heavy atom. The van der Waals surface area contributed by atoms with Crippen LogP contribution in [0, 0.1) is 0 Å². The Kier molecular flexibility index (Phi) is 6.31. The maximum atomic E-state index is 13.2. The van der Waals surface area contributed by atoms with Gasteiger partial charge in [0, 0.05) is 18.8 Å². The molecule has 0 saturated carbocycles. The van der Waals surface area contributed by atoms with E-state index in [0.29, 0.717) is 24.5 Å². The van der Waals surface area contributed by atoms with Crippen LogP contribution in [-0.2, 0) is 42.7 Å². The fourth-order valence-corrected chi connectivity index (χ4v) is 6.32. The molecule has 5 rings (SSSR count). The SMILES string of the molecule is CC1(c2ccc3c(c2)CCC3)NC(=O)N(CC(=O)Nc2ccc(S(=O)(=O)N3CCOCC3)cc2)C1=O. The average Bonchev–Trinajstić information content (AvgIpc) is 3.43. The second-order valence-electron chi connectivity index (χ2n) is 9.37. The van der Waals surface area contributed by atoms with Gasteiger partial charge in [-0.2, -0.15) is 4.31 Å². The van der Waals surface area contributed by atoms with Crippen molar-refractivity contribution in [1.82, 2.24) is 14.5 Å². The van der Waals surface area contributed by atoms with Gasteiger partial charge in [-0.3, -0.25) is 14.5 Å². The van der Waals surface area contributed by atoms with Crippen LogP contribution in [-0.4, -0.2) is 68.3 Å². The maximum absolute atomic E-state index is 13.2. The molecule has 1 unspecified atom stereocenters. The van der Waals surface area contributed by atoms with E-state index in [1.165, 1.54) is 39.7 Å². The van der Waals surface area contributed by atoms with Crippen LogP contribution in [0.3, 0.4) is 0 Å². The predicted molar refractivity (Wildman–Crippen MR) is 131 cm³/mol. The molecule has 3 aliphatic rings. The highest BCUT2D eigenvalue weighted by Crippen LogP contribution is 2.32. The molecule has 2 fully saturated rings. The molecule has 2 aliphatic heterocycles. The number of nitrogens with one attached hydrogen (secondary N) is 2. The number of nitrogens with zero attached hydrogens (tertiary/aromatic N) is 2. The molecule has 1 atom stereocenters. The molecule has 1 aliphatic carbocycles. The summed E-state index contributed by atoms with van der Waals surface area (Å²) in [6.07, 6.45) is 3.03. The second-order valence-corrected chi connectivity index (χ2v) is 11.3. The molecule has 2 aromatic rings. The van der Waals surface area contributed by atoms with Gasteiger partial charge in [0.05, 0.1) is 18.1 Å². The van der Waals surface area contributed by atoms with E-state index >= 15 is 0 Å². The van der Waals surface area contributed by atoms with E-state index in [9.17, 15) is 22.8 Å². The predicted octanol–water partition coefficient (Wildman–Crippen LogP) is 1.60. The third kappa shape index (κ3) is 4.38. The Balaban J connectivity index is 1.24. The summed E-state index contributed by atoms with van der Waals surface area (Å²) in [5, 5.41) is 5.37. The summed E-state index contributed by atoms with van der Waals surface area (Å²) in [7, 11) is -3.65. The Morgan fingerprint density at radius 3 is 2.47 bits per heavy atom. The number of hydrogen-bond acceptors (Lipinski definition) is 6. The van der Waals surface area contributed by atoms with Gasteiger partial charge < -0.3 is 15.4 Å². The van der Waals surface area contributed by atoms with Crippen molar-refractivity contribution in [1.29, 1.82) is 0 Å². The third-order valence-electron chi connectivity index (χ3n) is 7.00. The van der Waals surface area contributed by atoms with Crippen LogP contribution in [0.1, 0.15) is 30.0 Å². The number of amides is 4. The smallest absolute Gasteiger partial charge is 0.325 e. The zero-order chi connectivity index (χ0) is 25.5. The lowest BCUT2D eigenvalue weighted by Gasteiger charge is -2.26. The monoisotopic (exact) mass is 512 g/mol. The molecule has 0 radical (unpaired) electrons. The van der Waals surface area contributed by atoms with Gasteiger partial charge >= 0.3 is 6.03 Å². The molecule has 2 saturated heterocycles. The Morgan fingerprint density at radius 1 is 1.06 bits per heavy atom. The number of urea groups is 1. The van der Waals surface area contributed by atoms with Crippen molar-refractivity contribution >= 4 is 33.6 Å². The minimum absolute atomic E-state index is 0.113. The molecule has 0 spiro atoms. The third-order valence-corrected chi connectivity index (χ3v) is 8.91. The molecule has 11 heteroatoms. The second kappa shape index (κ2) is 9.30. The van der Waals surface area contributed by atoms with Crippen LogP contribution in [0.4, 0.5) is 10.5 Å². The van der Waals surface area contributed by atoms with Gasteiger partial charge in [0.15, 0.2) is 0 Å². The maximum Gasteiger partial charge on any atom is 0.325 e. The molecule has 0 aromatic heterocycles. The molecule has 2 N–H and O–H groups in total. The van der Waals surface area contributed by atoms with Crippen LogP contribution >= 0.6 is 0 Å². The summed E-state index contributed by atoms with van der Waals surface area (Å²) >= 11 is 0. The first-order chi connectivity index (χ1) is 17.2. The van der Waals surface area contributed by atoms with Crippen LogP contribution in [0.5, 0.6) is 0 Å². The van der Waals surface area contributed by atoms with Crippen molar-refractivity contribution in [3.63, 3.8) is 0 Å². The van der Waals surface area contributed by atoms with Crippen molar-refractivity contribution in [2.24, 2.45) is 0 Å². The normalized spacial score (nSPS) is 22.4. The molecular formula is C25H28N4O6S. The molecule has 190 valence electrons. The summed E-state index contributed by atoms with van der Waals surface area (Å²) in [4.78, 5) is 39.5. The summed E-state index contributed by atoms with van der Waals surface area (Å²) < 4.78 is 32.1. The van der Waals surface area contributed by atoms with E-state index in [2.05, 4.69) is 10.6 Å². The van der Waals surface area contributed by atoms with Gasteiger partial charge in [-0.1, -0.05) is 18.2 Å². The van der Waals surface area contributed by atoms with Crippen molar-refractivity contribution in [2.75, 3.05) is 38.2 Å². The first-order valence-corrected chi connectivity index (χ1v) is 13.4. The molecule has 4 amide bonds. The summed E-state index contributed by atoms with van der Waals surface area (Å²) in [6, 6.07) is 11.0. The first kappa shape index (κ1) is 24.4. The van der Waals surface area contributed by atoms with E-state index in [4.69, 9.17) is 4.74 Å². The number of anilines is 1. The number of fused-ring (bicyclic) bond motifs is 1. The van der Waals surface area contributed by atoms with Crippen LogP contribution in [0.2, 0.25) is 0 Å². The number of benzene rings is 2. The van der Waals surface area contributed by atoms with Gasteiger partial charge in [-0.05, 0) is 67.1 Å². The lowest BCUT2D eigenvalue weighted by atomic mass is 9.89. The van der Waals surface area contributed by atoms with Crippen molar-refractivity contribution in [3.05, 3.63) is 59.2 Å². The first-order valence-electron chi connectivity index (χ1n) is 11.9. The largest absolute Gasteiger partial charge is 0.379 e. The van der Waals surface area contributed by atoms with Crippen molar-refractivity contribution in [3.8, 4) is 0 Å². The van der Waals surface area contributed by atoms with E-state index in [-0.39, 0.29) is 18.0 Å². The number of morpholine rings is 1. The highest BCUT2D eigenvalue weighted by molar-refractivity contribution is 7.89. The van der Waals surface area contributed by atoms with Gasteiger partial charge in [0.1, 0.15) is 12.1 Å². The van der Waals surface area contributed by atoms with Crippen molar-refractivity contribution in [2.45, 2.75) is 36.6 Å². The molecule has 0 bridgehead atoms. The molecule has 2 heterocycles. The zero-order valence-corrected chi connectivity index (χ0v) is 20.8. The standard InChI is InChI=1S/C25H28N4O6S/c1-25(19-6-5-17-3-2-4-18(17)15-19)23(31)29(24(32)27-25)16-22(30)26-20-7-9-21(10-8-20)36(33,34)28-11-13-35-14-12-28/h5-10,15H,2-4,11-14,16H2,1H3,(H,26,30)(H,27,32). The van der Waals surface area contributed by atoms with Gasteiger partial charge in [0.25, 0.3) is 5.91 Å². The topological polar surface area (TPSA) is 125 Å². The number of aryl methyl sites for hydroxylation is 2. The number of carbonyl (C=O) groups is 3. The minimum Gasteiger partial charge on any atom is -0.379 e.